The normalized spacial score (nSPS) is 14.6. The van der Waals surface area contributed by atoms with Crippen LogP contribution >= 0.6 is 11.3 Å². The number of aromatic nitrogens is 1. The van der Waals surface area contributed by atoms with Crippen molar-refractivity contribution < 1.29 is 23.5 Å². The molecular formula is C18H21N3O5S. The monoisotopic (exact) mass is 391 g/mol. The van der Waals surface area contributed by atoms with Crippen molar-refractivity contribution in [1.29, 1.82) is 0 Å². The number of esters is 1. The summed E-state index contributed by atoms with van der Waals surface area (Å²) in [5.41, 5.74) is 0.130. The number of furan rings is 1. The van der Waals surface area contributed by atoms with Crippen molar-refractivity contribution in [2.24, 2.45) is 0 Å². The molecule has 0 unspecified atom stereocenters. The van der Waals surface area contributed by atoms with Crippen LogP contribution in [0, 0.1) is 6.92 Å². The average molecular weight is 391 g/mol. The second-order valence-electron chi connectivity index (χ2n) is 6.33. The van der Waals surface area contributed by atoms with Gasteiger partial charge in [0.25, 0.3) is 5.91 Å². The second kappa shape index (κ2) is 8.81. The quantitative estimate of drug-likeness (QED) is 0.758. The Morgan fingerprint density at radius 1 is 1.30 bits per heavy atom. The standard InChI is InChI=1S/C18H21N3O5S/c1-11-15(21-16(27-11)13-8-5-9-25-13)17(23)26-10-14(22)20-18(24)19-12-6-3-2-4-7-12/h5,8-9,12H,2-4,6-7,10H2,1H3,(H2,19,20,22,24). The molecule has 0 aromatic carbocycles. The summed E-state index contributed by atoms with van der Waals surface area (Å²) < 4.78 is 10.2. The van der Waals surface area contributed by atoms with Gasteiger partial charge in [-0.2, -0.15) is 0 Å². The van der Waals surface area contributed by atoms with Crippen molar-refractivity contribution in [2.75, 3.05) is 6.61 Å². The number of carbonyl (C=O) groups is 3. The van der Waals surface area contributed by atoms with Crippen LogP contribution in [0.2, 0.25) is 0 Å². The van der Waals surface area contributed by atoms with Gasteiger partial charge in [-0.1, -0.05) is 19.3 Å². The van der Waals surface area contributed by atoms with Crippen molar-refractivity contribution in [3.8, 4) is 10.8 Å². The molecule has 1 fully saturated rings. The Bertz CT molecular complexity index is 809. The van der Waals surface area contributed by atoms with Crippen LogP contribution in [0.1, 0.15) is 47.5 Å². The summed E-state index contributed by atoms with van der Waals surface area (Å²) in [6.45, 7) is 1.18. The molecule has 3 amide bonds. The minimum absolute atomic E-state index is 0.0896. The maximum absolute atomic E-state index is 12.2. The molecule has 144 valence electrons. The van der Waals surface area contributed by atoms with Crippen LogP contribution in [0.3, 0.4) is 0 Å². The number of urea groups is 1. The van der Waals surface area contributed by atoms with Gasteiger partial charge in [0.05, 0.1) is 6.26 Å². The van der Waals surface area contributed by atoms with E-state index >= 15 is 0 Å². The molecule has 2 aromatic rings. The number of nitrogens with one attached hydrogen (secondary N) is 2. The van der Waals surface area contributed by atoms with E-state index in [4.69, 9.17) is 9.15 Å². The Morgan fingerprint density at radius 2 is 2.07 bits per heavy atom. The summed E-state index contributed by atoms with van der Waals surface area (Å²) in [4.78, 5) is 40.7. The van der Waals surface area contributed by atoms with Gasteiger partial charge in [-0.05, 0) is 31.9 Å². The summed E-state index contributed by atoms with van der Waals surface area (Å²) in [6.07, 6.45) is 6.67. The molecule has 0 atom stereocenters. The van der Waals surface area contributed by atoms with Gasteiger partial charge < -0.3 is 14.5 Å². The van der Waals surface area contributed by atoms with Gasteiger partial charge in [0.1, 0.15) is 0 Å². The van der Waals surface area contributed by atoms with Crippen molar-refractivity contribution in [1.82, 2.24) is 15.6 Å². The average Bonchev–Trinajstić information content (AvgIpc) is 3.30. The van der Waals surface area contributed by atoms with E-state index in [9.17, 15) is 14.4 Å². The fourth-order valence-corrected chi connectivity index (χ4v) is 3.79. The van der Waals surface area contributed by atoms with Gasteiger partial charge in [0.15, 0.2) is 23.1 Å². The van der Waals surface area contributed by atoms with E-state index in [1.807, 2.05) is 0 Å². The van der Waals surface area contributed by atoms with E-state index in [1.54, 1.807) is 19.1 Å². The number of hydrogen-bond donors (Lipinski definition) is 2. The summed E-state index contributed by atoms with van der Waals surface area (Å²) in [6, 6.07) is 3.00. The zero-order valence-corrected chi connectivity index (χ0v) is 15.8. The van der Waals surface area contributed by atoms with Crippen molar-refractivity contribution in [3.63, 3.8) is 0 Å². The van der Waals surface area contributed by atoms with E-state index in [-0.39, 0.29) is 11.7 Å². The molecule has 27 heavy (non-hydrogen) atoms. The van der Waals surface area contributed by atoms with E-state index in [0.29, 0.717) is 15.6 Å². The van der Waals surface area contributed by atoms with Crippen molar-refractivity contribution >= 4 is 29.2 Å². The first kappa shape index (κ1) is 19.1. The van der Waals surface area contributed by atoms with Gasteiger partial charge in [0, 0.05) is 10.9 Å². The molecule has 1 aliphatic carbocycles. The number of amides is 3. The highest BCUT2D eigenvalue weighted by Crippen LogP contribution is 2.28. The zero-order valence-electron chi connectivity index (χ0n) is 14.9. The molecule has 0 aliphatic heterocycles. The first-order chi connectivity index (χ1) is 13.0. The highest BCUT2D eigenvalue weighted by atomic mass is 32.1. The van der Waals surface area contributed by atoms with Crippen LogP contribution in [0.25, 0.3) is 10.8 Å². The molecule has 2 aromatic heterocycles. The molecule has 0 spiro atoms. The summed E-state index contributed by atoms with van der Waals surface area (Å²) in [5, 5.41) is 5.50. The minimum Gasteiger partial charge on any atom is -0.462 e. The lowest BCUT2D eigenvalue weighted by Crippen LogP contribution is -2.46. The van der Waals surface area contributed by atoms with E-state index < -0.39 is 24.5 Å². The van der Waals surface area contributed by atoms with Gasteiger partial charge >= 0.3 is 12.0 Å². The Balaban J connectivity index is 1.47. The molecule has 1 aliphatic rings. The molecule has 9 heteroatoms. The molecular weight excluding hydrogens is 370 g/mol. The third kappa shape index (κ3) is 5.16. The Kier molecular flexibility index (Phi) is 6.23. The molecule has 0 bridgehead atoms. The van der Waals surface area contributed by atoms with Crippen LogP contribution in [0.4, 0.5) is 4.79 Å². The Hall–Kier alpha value is -2.68. The lowest BCUT2D eigenvalue weighted by molar-refractivity contribution is -0.123. The number of rotatable bonds is 5. The molecule has 3 rings (SSSR count). The van der Waals surface area contributed by atoms with Gasteiger partial charge in [-0.3, -0.25) is 10.1 Å². The Morgan fingerprint density at radius 3 is 2.78 bits per heavy atom. The summed E-state index contributed by atoms with van der Waals surface area (Å²) in [5.74, 6) is -0.848. The van der Waals surface area contributed by atoms with Crippen molar-refractivity contribution in [3.05, 3.63) is 29.0 Å². The largest absolute Gasteiger partial charge is 0.462 e. The topological polar surface area (TPSA) is 111 Å². The molecule has 1 saturated carbocycles. The number of aryl methyl sites for hydroxylation is 1. The Labute approximate surface area is 160 Å². The molecule has 2 N–H and O–H groups in total. The van der Waals surface area contributed by atoms with Crippen LogP contribution in [0.15, 0.2) is 22.8 Å². The second-order valence-corrected chi connectivity index (χ2v) is 7.54. The molecule has 2 heterocycles. The smallest absolute Gasteiger partial charge is 0.358 e. The van der Waals surface area contributed by atoms with Gasteiger partial charge in [-0.15, -0.1) is 11.3 Å². The minimum atomic E-state index is -0.718. The summed E-state index contributed by atoms with van der Waals surface area (Å²) in [7, 11) is 0. The molecule has 0 radical (unpaired) electrons. The van der Waals surface area contributed by atoms with Crippen LogP contribution in [0.5, 0.6) is 0 Å². The predicted octanol–water partition coefficient (Wildman–Crippen LogP) is 3.03. The first-order valence-corrected chi connectivity index (χ1v) is 9.63. The zero-order chi connectivity index (χ0) is 19.2. The van der Waals surface area contributed by atoms with E-state index in [0.717, 1.165) is 25.7 Å². The van der Waals surface area contributed by atoms with Gasteiger partial charge in [0.2, 0.25) is 0 Å². The number of carbonyl (C=O) groups excluding carboxylic acids is 3. The number of nitrogens with zero attached hydrogens (tertiary/aromatic N) is 1. The number of thiazole rings is 1. The first-order valence-electron chi connectivity index (χ1n) is 8.81. The maximum Gasteiger partial charge on any atom is 0.358 e. The number of ether oxygens (including phenoxy) is 1. The fraction of sp³-hybridized carbons (Fsp3) is 0.444. The van der Waals surface area contributed by atoms with Crippen LogP contribution in [-0.2, 0) is 9.53 Å². The van der Waals surface area contributed by atoms with Crippen LogP contribution in [-0.4, -0.2) is 35.5 Å². The van der Waals surface area contributed by atoms with Crippen LogP contribution < -0.4 is 10.6 Å². The van der Waals surface area contributed by atoms with E-state index in [2.05, 4.69) is 15.6 Å². The van der Waals surface area contributed by atoms with Crippen molar-refractivity contribution in [2.45, 2.75) is 45.1 Å². The predicted molar refractivity (Wildman–Crippen MR) is 98.4 cm³/mol. The van der Waals surface area contributed by atoms with Gasteiger partial charge in [-0.25, -0.2) is 14.6 Å². The fourth-order valence-electron chi connectivity index (χ4n) is 2.92. The summed E-state index contributed by atoms with van der Waals surface area (Å²) >= 11 is 1.29. The molecule has 0 saturated heterocycles. The highest BCUT2D eigenvalue weighted by molar-refractivity contribution is 7.15. The SMILES string of the molecule is Cc1sc(-c2ccco2)nc1C(=O)OCC(=O)NC(=O)NC1CCCCC1. The third-order valence-corrected chi connectivity index (χ3v) is 5.23. The highest BCUT2D eigenvalue weighted by Gasteiger charge is 2.21. The lowest BCUT2D eigenvalue weighted by atomic mass is 9.96. The lowest BCUT2D eigenvalue weighted by Gasteiger charge is -2.22. The number of imide groups is 1. The third-order valence-electron chi connectivity index (χ3n) is 4.25. The maximum atomic E-state index is 12.2. The van der Waals surface area contributed by atoms with E-state index in [1.165, 1.54) is 24.0 Å². The molecule has 8 nitrogen and oxygen atoms in total. The number of hydrogen-bond acceptors (Lipinski definition) is 7.